The van der Waals surface area contributed by atoms with Gasteiger partial charge in [0.1, 0.15) is 4.88 Å². The van der Waals surface area contributed by atoms with Gasteiger partial charge < -0.3 is 20.7 Å². The van der Waals surface area contributed by atoms with E-state index < -0.39 is 0 Å². The van der Waals surface area contributed by atoms with Crippen molar-refractivity contribution in [3.8, 4) is 0 Å². The van der Waals surface area contributed by atoms with E-state index in [1.807, 2.05) is 6.92 Å². The number of nitrogens with two attached hydrogens (primary N) is 1. The van der Waals surface area contributed by atoms with Crippen molar-refractivity contribution in [2.24, 2.45) is 0 Å². The van der Waals surface area contributed by atoms with Crippen LogP contribution in [0.1, 0.15) is 47.3 Å². The first-order valence-corrected chi connectivity index (χ1v) is 8.57. The number of amides is 1. The van der Waals surface area contributed by atoms with Crippen molar-refractivity contribution in [2.45, 2.75) is 32.1 Å². The molecule has 21 heavy (non-hydrogen) atoms. The maximum atomic E-state index is 12.3. The van der Waals surface area contributed by atoms with Gasteiger partial charge in [0.05, 0.1) is 23.9 Å². The molecule has 1 amide bonds. The van der Waals surface area contributed by atoms with Crippen LogP contribution in [0.15, 0.2) is 0 Å². The molecule has 1 aromatic rings. The maximum absolute atomic E-state index is 12.3. The predicted octanol–water partition coefficient (Wildman–Crippen LogP) is 2.18. The second-order valence-corrected chi connectivity index (χ2v) is 6.69. The van der Waals surface area contributed by atoms with Gasteiger partial charge in [0, 0.05) is 25.2 Å². The van der Waals surface area contributed by atoms with Crippen LogP contribution in [-0.4, -0.2) is 38.8 Å². The second kappa shape index (κ2) is 6.23. The average molecular weight is 309 g/mol. The third-order valence-corrected chi connectivity index (χ3v) is 5.27. The summed E-state index contributed by atoms with van der Waals surface area (Å²) in [4.78, 5) is 15.3. The zero-order chi connectivity index (χ0) is 14.8. The first-order valence-electron chi connectivity index (χ1n) is 7.75. The molecule has 3 rings (SSSR count). The molecule has 5 nitrogen and oxygen atoms in total. The summed E-state index contributed by atoms with van der Waals surface area (Å²) in [5, 5.41) is 4.13. The summed E-state index contributed by atoms with van der Waals surface area (Å²) in [5.74, 6) is 0.521. The van der Waals surface area contributed by atoms with E-state index in [2.05, 4.69) is 10.2 Å². The fraction of sp³-hybridized carbons (Fsp3) is 0.667. The minimum atomic E-state index is -0.0271. The van der Waals surface area contributed by atoms with Crippen LogP contribution in [0.5, 0.6) is 0 Å². The first kappa shape index (κ1) is 14.7. The lowest BCUT2D eigenvalue weighted by atomic mass is 10.1. The fourth-order valence-corrected chi connectivity index (χ4v) is 3.98. The van der Waals surface area contributed by atoms with Gasteiger partial charge in [-0.15, -0.1) is 11.3 Å². The van der Waals surface area contributed by atoms with Crippen LogP contribution in [0.4, 0.5) is 10.7 Å². The molecule has 0 aromatic carbocycles. The molecule has 2 heterocycles. The summed E-state index contributed by atoms with van der Waals surface area (Å²) in [6.45, 7) is 6.01. The van der Waals surface area contributed by atoms with E-state index in [1.165, 1.54) is 23.4 Å². The Bertz CT molecular complexity index is 519. The van der Waals surface area contributed by atoms with Crippen LogP contribution >= 0.6 is 11.3 Å². The van der Waals surface area contributed by atoms with Gasteiger partial charge in [-0.2, -0.15) is 0 Å². The smallest absolute Gasteiger partial charge is 0.263 e. The highest BCUT2D eigenvalue weighted by molar-refractivity contribution is 7.18. The summed E-state index contributed by atoms with van der Waals surface area (Å²) in [6, 6.07) is 0. The highest BCUT2D eigenvalue weighted by Gasteiger charge is 2.34. The van der Waals surface area contributed by atoms with Crippen molar-refractivity contribution in [2.75, 3.05) is 43.5 Å². The van der Waals surface area contributed by atoms with Crippen molar-refractivity contribution in [3.63, 3.8) is 0 Å². The zero-order valence-corrected chi connectivity index (χ0v) is 13.3. The molecule has 1 saturated heterocycles. The SMILES string of the molecule is CCCNC(=O)c1sc(N2CCOCC2)c(C2CC2)c1N. The van der Waals surface area contributed by atoms with Crippen molar-refractivity contribution in [1.82, 2.24) is 5.32 Å². The molecule has 1 aliphatic carbocycles. The molecule has 6 heteroatoms. The van der Waals surface area contributed by atoms with Gasteiger partial charge in [-0.05, 0) is 25.2 Å². The van der Waals surface area contributed by atoms with E-state index in [9.17, 15) is 4.79 Å². The van der Waals surface area contributed by atoms with Crippen molar-refractivity contribution in [3.05, 3.63) is 10.4 Å². The van der Waals surface area contributed by atoms with Gasteiger partial charge in [-0.1, -0.05) is 6.92 Å². The molecule has 0 radical (unpaired) electrons. The lowest BCUT2D eigenvalue weighted by molar-refractivity contribution is 0.0958. The van der Waals surface area contributed by atoms with E-state index in [4.69, 9.17) is 10.5 Å². The summed E-state index contributed by atoms with van der Waals surface area (Å²) in [6.07, 6.45) is 3.31. The van der Waals surface area contributed by atoms with Gasteiger partial charge in [0.15, 0.2) is 0 Å². The summed E-state index contributed by atoms with van der Waals surface area (Å²) >= 11 is 1.55. The topological polar surface area (TPSA) is 67.6 Å². The highest BCUT2D eigenvalue weighted by atomic mass is 32.1. The van der Waals surface area contributed by atoms with E-state index in [1.54, 1.807) is 11.3 Å². The van der Waals surface area contributed by atoms with Gasteiger partial charge >= 0.3 is 0 Å². The number of nitrogens with one attached hydrogen (secondary N) is 1. The number of nitrogen functional groups attached to an aromatic ring is 1. The minimum absolute atomic E-state index is 0.0271. The molecular weight excluding hydrogens is 286 g/mol. The van der Waals surface area contributed by atoms with Crippen LogP contribution in [0.25, 0.3) is 0 Å². The average Bonchev–Trinajstić information content (AvgIpc) is 3.29. The van der Waals surface area contributed by atoms with Crippen molar-refractivity contribution >= 4 is 27.9 Å². The van der Waals surface area contributed by atoms with Crippen LogP contribution in [-0.2, 0) is 4.74 Å². The molecule has 2 fully saturated rings. The Morgan fingerprint density at radius 2 is 2.14 bits per heavy atom. The Balaban J connectivity index is 1.89. The quantitative estimate of drug-likeness (QED) is 0.875. The van der Waals surface area contributed by atoms with E-state index in [-0.39, 0.29) is 5.91 Å². The summed E-state index contributed by atoms with van der Waals surface area (Å²) in [7, 11) is 0. The Morgan fingerprint density at radius 3 is 2.76 bits per heavy atom. The number of carbonyl (C=O) groups excluding carboxylic acids is 1. The van der Waals surface area contributed by atoms with Crippen LogP contribution in [0.3, 0.4) is 0 Å². The van der Waals surface area contributed by atoms with Gasteiger partial charge in [0.2, 0.25) is 0 Å². The molecule has 0 spiro atoms. The number of ether oxygens (including phenoxy) is 1. The number of anilines is 2. The largest absolute Gasteiger partial charge is 0.397 e. The number of hydrogen-bond acceptors (Lipinski definition) is 5. The molecular formula is C15H23N3O2S. The summed E-state index contributed by atoms with van der Waals surface area (Å²) < 4.78 is 5.43. The van der Waals surface area contributed by atoms with Crippen molar-refractivity contribution in [1.29, 1.82) is 0 Å². The maximum Gasteiger partial charge on any atom is 0.263 e. The number of thiophene rings is 1. The van der Waals surface area contributed by atoms with Crippen LogP contribution < -0.4 is 16.0 Å². The van der Waals surface area contributed by atoms with Gasteiger partial charge in [0.25, 0.3) is 5.91 Å². The third-order valence-electron chi connectivity index (χ3n) is 3.99. The Hall–Kier alpha value is -1.27. The molecule has 1 saturated carbocycles. The number of morpholine rings is 1. The highest BCUT2D eigenvalue weighted by Crippen LogP contribution is 2.52. The minimum Gasteiger partial charge on any atom is -0.397 e. The van der Waals surface area contributed by atoms with Gasteiger partial charge in [-0.3, -0.25) is 4.79 Å². The van der Waals surface area contributed by atoms with Crippen molar-refractivity contribution < 1.29 is 9.53 Å². The molecule has 0 atom stereocenters. The molecule has 2 aliphatic rings. The Morgan fingerprint density at radius 1 is 1.43 bits per heavy atom. The van der Waals surface area contributed by atoms with Crippen LogP contribution in [0.2, 0.25) is 0 Å². The molecule has 0 unspecified atom stereocenters. The molecule has 1 aliphatic heterocycles. The van der Waals surface area contributed by atoms with Gasteiger partial charge in [-0.25, -0.2) is 0 Å². The second-order valence-electron chi connectivity index (χ2n) is 5.69. The predicted molar refractivity (Wildman–Crippen MR) is 86.4 cm³/mol. The fourth-order valence-electron chi connectivity index (χ4n) is 2.70. The van der Waals surface area contributed by atoms with E-state index in [0.29, 0.717) is 23.0 Å². The molecule has 3 N–H and O–H groups in total. The lowest BCUT2D eigenvalue weighted by Crippen LogP contribution is -2.36. The standard InChI is InChI=1S/C15H23N3O2S/c1-2-5-17-14(19)13-12(16)11(10-3-4-10)15(21-13)18-6-8-20-9-7-18/h10H,2-9,16H2,1H3,(H,17,19). The first-order chi connectivity index (χ1) is 10.2. The third kappa shape index (κ3) is 3.01. The monoisotopic (exact) mass is 309 g/mol. The number of carbonyl (C=O) groups is 1. The molecule has 0 bridgehead atoms. The van der Waals surface area contributed by atoms with E-state index in [0.717, 1.165) is 32.7 Å². The zero-order valence-electron chi connectivity index (χ0n) is 12.5. The summed E-state index contributed by atoms with van der Waals surface area (Å²) in [5.41, 5.74) is 8.23. The molecule has 116 valence electrons. The number of rotatable bonds is 5. The van der Waals surface area contributed by atoms with Crippen LogP contribution in [0, 0.1) is 0 Å². The Kier molecular flexibility index (Phi) is 4.35. The number of nitrogens with zero attached hydrogens (tertiary/aromatic N) is 1. The number of hydrogen-bond donors (Lipinski definition) is 2. The molecule has 1 aromatic heterocycles. The van der Waals surface area contributed by atoms with E-state index >= 15 is 0 Å². The lowest BCUT2D eigenvalue weighted by Gasteiger charge is -2.28. The Labute approximate surface area is 129 Å². The normalized spacial score (nSPS) is 18.8.